The molecular formula is C22H22ClN3OS. The second kappa shape index (κ2) is 9.04. The minimum Gasteiger partial charge on any atom is -0.367 e. The largest absolute Gasteiger partial charge is 0.367 e. The molecule has 0 spiro atoms. The van der Waals surface area contributed by atoms with E-state index in [0.717, 1.165) is 22.5 Å². The van der Waals surface area contributed by atoms with Gasteiger partial charge in [-0.3, -0.25) is 9.79 Å². The zero-order valence-corrected chi connectivity index (χ0v) is 17.2. The van der Waals surface area contributed by atoms with Gasteiger partial charge in [-0.25, -0.2) is 0 Å². The molecular weight excluding hydrogens is 390 g/mol. The number of likely N-dealkylation sites (N-methyl/N-ethyl adjacent to an activating group) is 1. The number of amides is 1. The average molecular weight is 412 g/mol. The fourth-order valence-electron chi connectivity index (χ4n) is 3.33. The minimum absolute atomic E-state index is 0. The Morgan fingerprint density at radius 1 is 1.14 bits per heavy atom. The van der Waals surface area contributed by atoms with Crippen LogP contribution in [0.2, 0.25) is 0 Å². The number of hydrogen-bond donors (Lipinski definition) is 1. The van der Waals surface area contributed by atoms with Crippen molar-refractivity contribution in [3.8, 4) is 0 Å². The van der Waals surface area contributed by atoms with Gasteiger partial charge in [0.25, 0.3) is 5.91 Å². The number of nitrogens with zero attached hydrogens (tertiary/aromatic N) is 2. The first-order valence-electron chi connectivity index (χ1n) is 8.96. The second-order valence-corrected chi connectivity index (χ2v) is 7.34. The highest BCUT2D eigenvalue weighted by Gasteiger charge is 2.24. The highest BCUT2D eigenvalue weighted by Crippen LogP contribution is 2.28. The van der Waals surface area contributed by atoms with Gasteiger partial charge in [-0.15, -0.1) is 12.4 Å². The molecule has 0 radical (unpaired) electrons. The molecule has 144 valence electrons. The van der Waals surface area contributed by atoms with Crippen LogP contribution in [-0.2, 0) is 0 Å². The van der Waals surface area contributed by atoms with Crippen molar-refractivity contribution < 1.29 is 4.79 Å². The zero-order valence-electron chi connectivity index (χ0n) is 15.5. The van der Waals surface area contributed by atoms with E-state index in [1.165, 1.54) is 0 Å². The van der Waals surface area contributed by atoms with Crippen LogP contribution in [0.5, 0.6) is 0 Å². The summed E-state index contributed by atoms with van der Waals surface area (Å²) in [5.74, 6) is -0.0523. The normalized spacial score (nSPS) is 15.7. The van der Waals surface area contributed by atoms with E-state index in [0.29, 0.717) is 18.7 Å². The summed E-state index contributed by atoms with van der Waals surface area (Å²) in [6, 6.07) is 19.9. The first-order chi connectivity index (χ1) is 13.2. The molecule has 2 aromatic carbocycles. The van der Waals surface area contributed by atoms with Crippen LogP contribution >= 0.6 is 23.7 Å². The number of nitrogens with one attached hydrogen (secondary N) is 1. The van der Waals surface area contributed by atoms with Crippen molar-refractivity contribution in [1.82, 2.24) is 5.32 Å². The molecule has 0 aliphatic carbocycles. The standard InChI is InChI=1S/C22H21N3OS.ClH/c1-25-18(14-24-22(26)16-7-3-2-4-8-16)13-23-21(17-11-12-27-15-17)19-9-5-6-10-20(19)25;/h2-12,15,18H,13-14H2,1H3,(H,24,26);1H. The fourth-order valence-corrected chi connectivity index (χ4v) is 3.97. The maximum absolute atomic E-state index is 12.4. The molecule has 1 unspecified atom stereocenters. The van der Waals surface area contributed by atoms with Crippen LogP contribution in [0.1, 0.15) is 21.5 Å². The maximum Gasteiger partial charge on any atom is 0.251 e. The molecule has 28 heavy (non-hydrogen) atoms. The van der Waals surface area contributed by atoms with Gasteiger partial charge in [-0.2, -0.15) is 11.3 Å². The van der Waals surface area contributed by atoms with Gasteiger partial charge in [-0.1, -0.05) is 36.4 Å². The Balaban J connectivity index is 0.00000225. The Bertz CT molecular complexity index is 957. The number of aliphatic imine (C=N–C) groups is 1. The van der Waals surface area contributed by atoms with Crippen LogP contribution in [0.3, 0.4) is 0 Å². The predicted octanol–water partition coefficient (Wildman–Crippen LogP) is 4.26. The topological polar surface area (TPSA) is 44.7 Å². The van der Waals surface area contributed by atoms with Crippen molar-refractivity contribution in [2.24, 2.45) is 4.99 Å². The lowest BCUT2D eigenvalue weighted by Gasteiger charge is -2.28. The number of para-hydroxylation sites is 1. The molecule has 3 aromatic rings. The molecule has 0 saturated carbocycles. The Labute approximate surface area is 175 Å². The van der Waals surface area contributed by atoms with Crippen LogP contribution < -0.4 is 10.2 Å². The lowest BCUT2D eigenvalue weighted by atomic mass is 10.0. The predicted molar refractivity (Wildman–Crippen MR) is 119 cm³/mol. The van der Waals surface area contributed by atoms with Gasteiger partial charge in [0.05, 0.1) is 18.3 Å². The Hall–Kier alpha value is -2.63. The molecule has 6 heteroatoms. The molecule has 4 nitrogen and oxygen atoms in total. The molecule has 4 rings (SSSR count). The molecule has 0 fully saturated rings. The average Bonchev–Trinajstić information content (AvgIpc) is 3.21. The Morgan fingerprint density at radius 3 is 2.64 bits per heavy atom. The third kappa shape index (κ3) is 4.11. The van der Waals surface area contributed by atoms with E-state index in [9.17, 15) is 4.79 Å². The number of hydrogen-bond acceptors (Lipinski definition) is 4. The number of halogens is 1. The summed E-state index contributed by atoms with van der Waals surface area (Å²) >= 11 is 1.68. The van der Waals surface area contributed by atoms with Crippen molar-refractivity contribution in [1.29, 1.82) is 0 Å². The Kier molecular flexibility index (Phi) is 6.49. The summed E-state index contributed by atoms with van der Waals surface area (Å²) in [7, 11) is 2.07. The van der Waals surface area contributed by atoms with Crippen molar-refractivity contribution in [2.45, 2.75) is 6.04 Å². The van der Waals surface area contributed by atoms with E-state index in [1.54, 1.807) is 11.3 Å². The molecule has 1 aliphatic heterocycles. The molecule has 0 saturated heterocycles. The zero-order chi connectivity index (χ0) is 18.6. The van der Waals surface area contributed by atoms with Gasteiger partial charge < -0.3 is 10.2 Å². The molecule has 1 amide bonds. The summed E-state index contributed by atoms with van der Waals surface area (Å²) in [5.41, 5.74) is 5.12. The molecule has 1 N–H and O–H groups in total. The monoisotopic (exact) mass is 411 g/mol. The van der Waals surface area contributed by atoms with Gasteiger partial charge in [0, 0.05) is 41.4 Å². The highest BCUT2D eigenvalue weighted by atomic mass is 35.5. The van der Waals surface area contributed by atoms with Crippen LogP contribution in [0.15, 0.2) is 76.4 Å². The van der Waals surface area contributed by atoms with Crippen molar-refractivity contribution in [2.75, 3.05) is 25.0 Å². The van der Waals surface area contributed by atoms with E-state index < -0.39 is 0 Å². The van der Waals surface area contributed by atoms with Gasteiger partial charge in [0.15, 0.2) is 0 Å². The van der Waals surface area contributed by atoms with Crippen LogP contribution in [-0.4, -0.2) is 37.8 Å². The van der Waals surface area contributed by atoms with E-state index in [1.807, 2.05) is 42.5 Å². The van der Waals surface area contributed by atoms with Crippen molar-refractivity contribution in [3.05, 3.63) is 88.1 Å². The first kappa shape index (κ1) is 20.1. The summed E-state index contributed by atoms with van der Waals surface area (Å²) in [6.45, 7) is 1.17. The van der Waals surface area contributed by atoms with Crippen LogP contribution in [0.4, 0.5) is 5.69 Å². The van der Waals surface area contributed by atoms with Crippen LogP contribution in [0.25, 0.3) is 0 Å². The summed E-state index contributed by atoms with van der Waals surface area (Å²) in [4.78, 5) is 19.6. The van der Waals surface area contributed by atoms with Gasteiger partial charge >= 0.3 is 0 Å². The highest BCUT2D eigenvalue weighted by molar-refractivity contribution is 7.08. The van der Waals surface area contributed by atoms with E-state index in [2.05, 4.69) is 46.2 Å². The number of thiophene rings is 1. The Morgan fingerprint density at radius 2 is 1.89 bits per heavy atom. The summed E-state index contributed by atoms with van der Waals surface area (Å²) < 4.78 is 0. The summed E-state index contributed by atoms with van der Waals surface area (Å²) in [5, 5.41) is 7.27. The van der Waals surface area contributed by atoms with E-state index >= 15 is 0 Å². The quantitative estimate of drug-likeness (QED) is 0.697. The minimum atomic E-state index is -0.0523. The second-order valence-electron chi connectivity index (χ2n) is 6.56. The van der Waals surface area contributed by atoms with Crippen LogP contribution in [0, 0.1) is 0 Å². The lowest BCUT2D eigenvalue weighted by molar-refractivity contribution is 0.0951. The number of benzodiazepines with no additional fused rings is 1. The molecule has 1 atom stereocenters. The molecule has 0 bridgehead atoms. The first-order valence-corrected chi connectivity index (χ1v) is 9.91. The van der Waals surface area contributed by atoms with E-state index in [-0.39, 0.29) is 24.4 Å². The SMILES string of the molecule is CN1c2ccccc2C(c2ccsc2)=NCC1CNC(=O)c1ccccc1.Cl. The maximum atomic E-state index is 12.4. The van der Waals surface area contributed by atoms with Gasteiger partial charge in [-0.05, 0) is 29.6 Å². The van der Waals surface area contributed by atoms with Gasteiger partial charge in [0.2, 0.25) is 0 Å². The summed E-state index contributed by atoms with van der Waals surface area (Å²) in [6.07, 6.45) is 0. The lowest BCUT2D eigenvalue weighted by Crippen LogP contribution is -2.43. The number of rotatable bonds is 4. The van der Waals surface area contributed by atoms with Gasteiger partial charge in [0.1, 0.15) is 0 Å². The molecule has 1 aromatic heterocycles. The number of fused-ring (bicyclic) bond motifs is 1. The van der Waals surface area contributed by atoms with E-state index in [4.69, 9.17) is 4.99 Å². The number of carbonyl (C=O) groups is 1. The fraction of sp³-hybridized carbons (Fsp3) is 0.182. The van der Waals surface area contributed by atoms with Crippen molar-refractivity contribution >= 4 is 41.1 Å². The number of carbonyl (C=O) groups excluding carboxylic acids is 1. The third-order valence-corrected chi connectivity index (χ3v) is 5.56. The number of benzene rings is 2. The third-order valence-electron chi connectivity index (χ3n) is 4.88. The molecule has 2 heterocycles. The number of anilines is 1. The van der Waals surface area contributed by atoms with Crippen molar-refractivity contribution in [3.63, 3.8) is 0 Å². The molecule has 1 aliphatic rings. The smallest absolute Gasteiger partial charge is 0.251 e.